The summed E-state index contributed by atoms with van der Waals surface area (Å²) in [4.78, 5) is 3.95. The lowest BCUT2D eigenvalue weighted by molar-refractivity contribution is 0.412. The molecule has 0 amide bonds. The van der Waals surface area contributed by atoms with Gasteiger partial charge in [0, 0.05) is 11.8 Å². The Bertz CT molecular complexity index is 265. The normalized spacial score (nSPS) is 8.73. The standard InChI is InChI=1S/C7H6N2OS/c1-10-6-2-3-7(9-4-6)11-5-8/h2-4H,1H3. The molecule has 3 nitrogen and oxygen atoms in total. The number of thiocyanates is 1. The molecule has 0 fully saturated rings. The molecule has 0 N–H and O–H groups in total. The highest BCUT2D eigenvalue weighted by Crippen LogP contribution is 2.16. The number of hydrogen-bond acceptors (Lipinski definition) is 4. The minimum absolute atomic E-state index is 0.688. The van der Waals surface area contributed by atoms with Gasteiger partial charge >= 0.3 is 0 Å². The van der Waals surface area contributed by atoms with Crippen molar-refractivity contribution in [3.05, 3.63) is 18.3 Å². The molecule has 4 heteroatoms. The van der Waals surface area contributed by atoms with Gasteiger partial charge in [-0.15, -0.1) is 0 Å². The van der Waals surface area contributed by atoms with E-state index in [0.29, 0.717) is 10.8 Å². The average Bonchev–Trinajstić information content (AvgIpc) is 2.07. The fraction of sp³-hybridized carbons (Fsp3) is 0.143. The summed E-state index contributed by atoms with van der Waals surface area (Å²) < 4.78 is 4.89. The molecule has 1 aromatic rings. The van der Waals surface area contributed by atoms with Gasteiger partial charge in [-0.25, -0.2) is 4.98 Å². The molecule has 0 aliphatic carbocycles. The molecular weight excluding hydrogens is 160 g/mol. The number of ether oxygens (including phenoxy) is 1. The minimum atomic E-state index is 0.688. The number of aromatic nitrogens is 1. The van der Waals surface area contributed by atoms with Crippen LogP contribution in [0.1, 0.15) is 0 Å². The van der Waals surface area contributed by atoms with Crippen LogP contribution in [-0.2, 0) is 0 Å². The molecule has 0 aliphatic rings. The van der Waals surface area contributed by atoms with Crippen LogP contribution in [0.4, 0.5) is 0 Å². The van der Waals surface area contributed by atoms with Crippen molar-refractivity contribution >= 4 is 11.8 Å². The predicted octanol–water partition coefficient (Wildman–Crippen LogP) is 1.66. The van der Waals surface area contributed by atoms with E-state index in [1.54, 1.807) is 25.4 Å². The third kappa shape index (κ3) is 2.13. The molecule has 1 heterocycles. The van der Waals surface area contributed by atoms with Gasteiger partial charge in [-0.05, 0) is 12.1 Å². The van der Waals surface area contributed by atoms with Crippen LogP contribution in [0.25, 0.3) is 0 Å². The lowest BCUT2D eigenvalue weighted by Crippen LogP contribution is -1.83. The number of pyridine rings is 1. The third-order valence-electron chi connectivity index (χ3n) is 1.10. The zero-order chi connectivity index (χ0) is 8.10. The van der Waals surface area contributed by atoms with Crippen LogP contribution in [0, 0.1) is 10.7 Å². The Morgan fingerprint density at radius 2 is 2.45 bits per heavy atom. The van der Waals surface area contributed by atoms with E-state index in [1.807, 2.05) is 5.40 Å². The average molecular weight is 166 g/mol. The summed E-state index contributed by atoms with van der Waals surface area (Å²) in [6.07, 6.45) is 1.58. The van der Waals surface area contributed by atoms with Gasteiger partial charge in [-0.2, -0.15) is 5.26 Å². The van der Waals surface area contributed by atoms with E-state index < -0.39 is 0 Å². The van der Waals surface area contributed by atoms with Gasteiger partial charge in [-0.3, -0.25) is 0 Å². The summed E-state index contributed by atoms with van der Waals surface area (Å²) in [5.74, 6) is 0.701. The highest BCUT2D eigenvalue weighted by Gasteiger charge is 1.93. The van der Waals surface area contributed by atoms with Crippen molar-refractivity contribution in [2.75, 3.05) is 7.11 Å². The number of nitrogens with zero attached hydrogens (tertiary/aromatic N) is 2. The summed E-state index contributed by atoms with van der Waals surface area (Å²) in [7, 11) is 1.58. The molecule has 0 radical (unpaired) electrons. The van der Waals surface area contributed by atoms with E-state index in [-0.39, 0.29) is 0 Å². The summed E-state index contributed by atoms with van der Waals surface area (Å²) >= 11 is 1.03. The van der Waals surface area contributed by atoms with Crippen molar-refractivity contribution in [1.82, 2.24) is 4.98 Å². The number of thioether (sulfide) groups is 1. The fourth-order valence-corrected chi connectivity index (χ4v) is 0.930. The van der Waals surface area contributed by atoms with Gasteiger partial charge in [-0.1, -0.05) is 0 Å². The molecule has 1 aromatic heterocycles. The molecule has 0 aliphatic heterocycles. The van der Waals surface area contributed by atoms with Crippen LogP contribution in [-0.4, -0.2) is 12.1 Å². The zero-order valence-electron chi connectivity index (χ0n) is 5.94. The Morgan fingerprint density at radius 1 is 1.64 bits per heavy atom. The molecule has 0 saturated carbocycles. The van der Waals surface area contributed by atoms with Crippen LogP contribution in [0.3, 0.4) is 0 Å². The van der Waals surface area contributed by atoms with Crippen molar-refractivity contribution in [2.24, 2.45) is 0 Å². The van der Waals surface area contributed by atoms with Gasteiger partial charge in [0.1, 0.15) is 16.2 Å². The van der Waals surface area contributed by atoms with E-state index in [2.05, 4.69) is 4.98 Å². The SMILES string of the molecule is COc1ccc(SC#N)nc1. The first kappa shape index (κ1) is 7.89. The highest BCUT2D eigenvalue weighted by atomic mass is 32.2. The molecule has 56 valence electrons. The molecule has 1 rings (SSSR count). The van der Waals surface area contributed by atoms with Gasteiger partial charge < -0.3 is 4.74 Å². The first-order valence-electron chi connectivity index (χ1n) is 2.93. The number of methoxy groups -OCH3 is 1. The Labute approximate surface area is 69.0 Å². The van der Waals surface area contributed by atoms with Gasteiger partial charge in [0.05, 0.1) is 13.3 Å². The second-order valence-corrected chi connectivity index (χ2v) is 2.53. The fourth-order valence-electron chi connectivity index (χ4n) is 0.595. The summed E-state index contributed by atoms with van der Waals surface area (Å²) in [6.45, 7) is 0. The van der Waals surface area contributed by atoms with Gasteiger partial charge in [0.15, 0.2) is 0 Å². The zero-order valence-corrected chi connectivity index (χ0v) is 6.76. The third-order valence-corrected chi connectivity index (χ3v) is 1.64. The first-order chi connectivity index (χ1) is 5.36. The smallest absolute Gasteiger partial charge is 0.140 e. The van der Waals surface area contributed by atoms with Crippen molar-refractivity contribution in [2.45, 2.75) is 5.03 Å². The molecule has 0 bridgehead atoms. The highest BCUT2D eigenvalue weighted by molar-refractivity contribution is 8.03. The van der Waals surface area contributed by atoms with E-state index in [0.717, 1.165) is 11.8 Å². The monoisotopic (exact) mass is 166 g/mol. The molecule has 0 atom stereocenters. The van der Waals surface area contributed by atoms with Crippen molar-refractivity contribution in [3.63, 3.8) is 0 Å². The van der Waals surface area contributed by atoms with Gasteiger partial charge in [0.2, 0.25) is 0 Å². The number of rotatable bonds is 2. The Morgan fingerprint density at radius 3 is 2.91 bits per heavy atom. The summed E-state index contributed by atoms with van der Waals surface area (Å²) in [5, 5.41) is 10.9. The number of nitriles is 1. The minimum Gasteiger partial charge on any atom is -0.495 e. The molecule has 11 heavy (non-hydrogen) atoms. The van der Waals surface area contributed by atoms with Crippen LogP contribution in [0.5, 0.6) is 5.75 Å². The second-order valence-electron chi connectivity index (χ2n) is 1.73. The Kier molecular flexibility index (Phi) is 2.75. The molecular formula is C7H6N2OS. The largest absolute Gasteiger partial charge is 0.495 e. The van der Waals surface area contributed by atoms with E-state index >= 15 is 0 Å². The van der Waals surface area contributed by atoms with E-state index in [9.17, 15) is 0 Å². The van der Waals surface area contributed by atoms with Crippen LogP contribution >= 0.6 is 11.8 Å². The van der Waals surface area contributed by atoms with Gasteiger partial charge in [0.25, 0.3) is 0 Å². The molecule has 0 spiro atoms. The van der Waals surface area contributed by atoms with Crippen molar-refractivity contribution in [3.8, 4) is 11.2 Å². The maximum absolute atomic E-state index is 8.29. The van der Waals surface area contributed by atoms with Crippen molar-refractivity contribution < 1.29 is 4.74 Å². The van der Waals surface area contributed by atoms with Crippen LogP contribution in [0.15, 0.2) is 23.4 Å². The maximum Gasteiger partial charge on any atom is 0.140 e. The summed E-state index contributed by atoms with van der Waals surface area (Å²) in [6, 6.07) is 3.51. The molecule has 0 aromatic carbocycles. The second kappa shape index (κ2) is 3.84. The van der Waals surface area contributed by atoms with Crippen LogP contribution in [0.2, 0.25) is 0 Å². The Hall–Kier alpha value is -1.21. The van der Waals surface area contributed by atoms with E-state index in [4.69, 9.17) is 10.00 Å². The van der Waals surface area contributed by atoms with E-state index in [1.165, 1.54) is 0 Å². The predicted molar refractivity (Wildman–Crippen MR) is 42.3 cm³/mol. The first-order valence-corrected chi connectivity index (χ1v) is 3.74. The quantitative estimate of drug-likeness (QED) is 0.495. The molecule has 0 unspecified atom stereocenters. The maximum atomic E-state index is 8.29. The number of hydrogen-bond donors (Lipinski definition) is 0. The Balaban J connectivity index is 2.76. The lowest BCUT2D eigenvalue weighted by Gasteiger charge is -1.97. The van der Waals surface area contributed by atoms with Crippen LogP contribution < -0.4 is 4.74 Å². The van der Waals surface area contributed by atoms with Crippen molar-refractivity contribution in [1.29, 1.82) is 5.26 Å². The molecule has 0 saturated heterocycles. The summed E-state index contributed by atoms with van der Waals surface area (Å²) in [5.41, 5.74) is 0. The topological polar surface area (TPSA) is 45.9 Å². The lowest BCUT2D eigenvalue weighted by atomic mass is 10.5.